The van der Waals surface area contributed by atoms with Crippen molar-refractivity contribution in [1.29, 1.82) is 0 Å². The first-order valence-corrected chi connectivity index (χ1v) is 6.13. The summed E-state index contributed by atoms with van der Waals surface area (Å²) in [5.74, 6) is 0. The van der Waals surface area contributed by atoms with Crippen molar-refractivity contribution >= 4 is 22.9 Å². The highest BCUT2D eigenvalue weighted by Crippen LogP contribution is 2.28. The van der Waals surface area contributed by atoms with Gasteiger partial charge in [0, 0.05) is 24.5 Å². The summed E-state index contributed by atoms with van der Waals surface area (Å²) in [6.45, 7) is 3.73. The molecular formula is C10H11ClN4S. The van der Waals surface area contributed by atoms with Crippen LogP contribution in [0.2, 0.25) is 5.02 Å². The van der Waals surface area contributed by atoms with E-state index in [1.807, 2.05) is 6.07 Å². The molecule has 1 N–H and O–H groups in total. The normalized spacial score (nSPS) is 10.6. The number of hydrogen-bond donors (Lipinski definition) is 1. The number of nitrogens with zero attached hydrogens (tertiary/aromatic N) is 3. The van der Waals surface area contributed by atoms with Crippen LogP contribution in [0.4, 0.5) is 0 Å². The van der Waals surface area contributed by atoms with E-state index in [0.717, 1.165) is 28.7 Å². The predicted molar refractivity (Wildman–Crippen MR) is 65.5 cm³/mol. The molecule has 0 atom stereocenters. The summed E-state index contributed by atoms with van der Waals surface area (Å²) in [5.41, 5.74) is 0.886. The summed E-state index contributed by atoms with van der Waals surface area (Å²) >= 11 is 7.58. The van der Waals surface area contributed by atoms with Gasteiger partial charge in [0.2, 0.25) is 0 Å². The third kappa shape index (κ3) is 2.55. The van der Waals surface area contributed by atoms with E-state index >= 15 is 0 Å². The Morgan fingerprint density at radius 3 is 3.06 bits per heavy atom. The molecule has 6 heteroatoms. The van der Waals surface area contributed by atoms with Crippen LogP contribution in [0.3, 0.4) is 0 Å². The van der Waals surface area contributed by atoms with E-state index in [9.17, 15) is 0 Å². The Morgan fingerprint density at radius 1 is 1.44 bits per heavy atom. The molecule has 84 valence electrons. The quantitative estimate of drug-likeness (QED) is 0.910. The zero-order chi connectivity index (χ0) is 11.4. The number of rotatable bonds is 4. The minimum atomic E-state index is 0.605. The smallest absolute Gasteiger partial charge is 0.149 e. The molecule has 0 amide bonds. The van der Waals surface area contributed by atoms with E-state index in [2.05, 4.69) is 27.4 Å². The van der Waals surface area contributed by atoms with E-state index < -0.39 is 0 Å². The number of halogens is 1. The highest BCUT2D eigenvalue weighted by Gasteiger charge is 2.09. The van der Waals surface area contributed by atoms with Gasteiger partial charge in [-0.2, -0.15) is 0 Å². The Labute approximate surface area is 103 Å². The van der Waals surface area contributed by atoms with Crippen molar-refractivity contribution in [2.75, 3.05) is 6.54 Å². The van der Waals surface area contributed by atoms with Gasteiger partial charge in [-0.25, -0.2) is 0 Å². The first kappa shape index (κ1) is 11.4. The fraction of sp³-hybridized carbons (Fsp3) is 0.300. The first-order valence-electron chi connectivity index (χ1n) is 4.94. The van der Waals surface area contributed by atoms with Gasteiger partial charge in [0.15, 0.2) is 0 Å². The van der Waals surface area contributed by atoms with Crippen LogP contribution >= 0.6 is 22.9 Å². The molecule has 0 aliphatic rings. The van der Waals surface area contributed by atoms with Gasteiger partial charge in [-0.1, -0.05) is 29.9 Å². The van der Waals surface area contributed by atoms with Gasteiger partial charge in [0.25, 0.3) is 0 Å². The minimum Gasteiger partial charge on any atom is -0.311 e. The lowest BCUT2D eigenvalue weighted by atomic mass is 10.3. The molecule has 0 aliphatic carbocycles. The van der Waals surface area contributed by atoms with Crippen LogP contribution in [0.15, 0.2) is 18.5 Å². The summed E-state index contributed by atoms with van der Waals surface area (Å²) in [6, 6.07) is 1.85. The number of pyridine rings is 1. The monoisotopic (exact) mass is 254 g/mol. The van der Waals surface area contributed by atoms with Crippen LogP contribution < -0.4 is 5.32 Å². The average molecular weight is 255 g/mol. The maximum atomic E-state index is 6.03. The molecule has 0 radical (unpaired) electrons. The third-order valence-electron chi connectivity index (χ3n) is 2.00. The zero-order valence-corrected chi connectivity index (χ0v) is 10.3. The standard InChI is InChI=1S/C10H11ClN4S/c1-2-12-6-9-14-15-10(16-9)7-3-4-13-5-8(7)11/h3-5,12H,2,6H2,1H3. The molecule has 16 heavy (non-hydrogen) atoms. The summed E-state index contributed by atoms with van der Waals surface area (Å²) in [4.78, 5) is 3.94. The Morgan fingerprint density at radius 2 is 2.31 bits per heavy atom. The molecule has 0 fully saturated rings. The van der Waals surface area contributed by atoms with Crippen LogP contribution in [0.1, 0.15) is 11.9 Å². The maximum Gasteiger partial charge on any atom is 0.149 e. The lowest BCUT2D eigenvalue weighted by molar-refractivity contribution is 0.715. The maximum absolute atomic E-state index is 6.03. The highest BCUT2D eigenvalue weighted by molar-refractivity contribution is 7.14. The van der Waals surface area contributed by atoms with Crippen molar-refractivity contribution in [2.45, 2.75) is 13.5 Å². The van der Waals surface area contributed by atoms with Gasteiger partial charge < -0.3 is 5.32 Å². The Kier molecular flexibility index (Phi) is 3.82. The molecule has 2 rings (SSSR count). The molecular weight excluding hydrogens is 244 g/mol. The zero-order valence-electron chi connectivity index (χ0n) is 8.77. The molecule has 4 nitrogen and oxygen atoms in total. The number of aromatic nitrogens is 3. The molecule has 2 aromatic rings. The average Bonchev–Trinajstić information content (AvgIpc) is 2.75. The van der Waals surface area contributed by atoms with E-state index in [0.29, 0.717) is 5.02 Å². The van der Waals surface area contributed by atoms with Gasteiger partial charge in [0.1, 0.15) is 10.0 Å². The van der Waals surface area contributed by atoms with Gasteiger partial charge in [-0.3, -0.25) is 4.98 Å². The largest absolute Gasteiger partial charge is 0.311 e. The minimum absolute atomic E-state index is 0.605. The van der Waals surface area contributed by atoms with Crippen LogP contribution in [-0.4, -0.2) is 21.7 Å². The molecule has 0 aromatic carbocycles. The van der Waals surface area contributed by atoms with E-state index in [4.69, 9.17) is 11.6 Å². The second-order valence-electron chi connectivity index (χ2n) is 3.14. The van der Waals surface area contributed by atoms with E-state index in [1.54, 1.807) is 23.7 Å². The van der Waals surface area contributed by atoms with Crippen LogP contribution in [0.5, 0.6) is 0 Å². The van der Waals surface area contributed by atoms with E-state index in [1.165, 1.54) is 0 Å². The fourth-order valence-corrected chi connectivity index (χ4v) is 2.33. The van der Waals surface area contributed by atoms with E-state index in [-0.39, 0.29) is 0 Å². The first-order chi connectivity index (χ1) is 7.81. The van der Waals surface area contributed by atoms with Crippen LogP contribution in [0.25, 0.3) is 10.6 Å². The molecule has 2 aromatic heterocycles. The van der Waals surface area contributed by atoms with Crippen LogP contribution in [-0.2, 0) is 6.54 Å². The van der Waals surface area contributed by atoms with Gasteiger partial charge in [0.05, 0.1) is 5.02 Å². The molecule has 0 aliphatic heterocycles. The summed E-state index contributed by atoms with van der Waals surface area (Å²) in [7, 11) is 0. The topological polar surface area (TPSA) is 50.7 Å². The number of nitrogens with one attached hydrogen (secondary N) is 1. The highest BCUT2D eigenvalue weighted by atomic mass is 35.5. The lowest BCUT2D eigenvalue weighted by Crippen LogP contribution is -2.11. The molecule has 0 saturated heterocycles. The SMILES string of the molecule is CCNCc1nnc(-c2ccncc2Cl)s1. The van der Waals surface area contributed by atoms with Gasteiger partial charge >= 0.3 is 0 Å². The van der Waals surface area contributed by atoms with Crippen molar-refractivity contribution in [3.05, 3.63) is 28.5 Å². The lowest BCUT2D eigenvalue weighted by Gasteiger charge is -1.96. The second-order valence-corrected chi connectivity index (χ2v) is 4.61. The third-order valence-corrected chi connectivity index (χ3v) is 3.25. The van der Waals surface area contributed by atoms with Crippen molar-refractivity contribution in [2.24, 2.45) is 0 Å². The number of hydrogen-bond acceptors (Lipinski definition) is 5. The van der Waals surface area contributed by atoms with Gasteiger partial charge in [-0.05, 0) is 12.6 Å². The molecule has 2 heterocycles. The summed E-state index contributed by atoms with van der Waals surface area (Å²) in [6.07, 6.45) is 3.31. The van der Waals surface area contributed by atoms with Crippen molar-refractivity contribution < 1.29 is 0 Å². The molecule has 0 saturated carbocycles. The summed E-state index contributed by atoms with van der Waals surface area (Å²) in [5, 5.41) is 13.8. The second kappa shape index (κ2) is 5.34. The van der Waals surface area contributed by atoms with Crippen molar-refractivity contribution in [3.63, 3.8) is 0 Å². The molecule has 0 spiro atoms. The fourth-order valence-electron chi connectivity index (χ4n) is 1.21. The summed E-state index contributed by atoms with van der Waals surface area (Å²) < 4.78 is 0. The Bertz CT molecular complexity index is 471. The van der Waals surface area contributed by atoms with Gasteiger partial charge in [-0.15, -0.1) is 10.2 Å². The van der Waals surface area contributed by atoms with Crippen molar-refractivity contribution in [1.82, 2.24) is 20.5 Å². The molecule has 0 unspecified atom stereocenters. The predicted octanol–water partition coefficient (Wildman–Crippen LogP) is 2.36. The van der Waals surface area contributed by atoms with Crippen molar-refractivity contribution in [3.8, 4) is 10.6 Å². The Balaban J connectivity index is 2.22. The van der Waals surface area contributed by atoms with Crippen LogP contribution in [0, 0.1) is 0 Å². The Hall–Kier alpha value is -1.04. The molecule has 0 bridgehead atoms.